The van der Waals surface area contributed by atoms with Crippen LogP contribution in [0.1, 0.15) is 55.0 Å². The van der Waals surface area contributed by atoms with Crippen LogP contribution in [0, 0.1) is 0 Å². The van der Waals surface area contributed by atoms with Gasteiger partial charge in [-0.2, -0.15) is 0 Å². The van der Waals surface area contributed by atoms with Gasteiger partial charge in [-0.3, -0.25) is 0 Å². The maximum Gasteiger partial charge on any atom is 0.208 e. The molecule has 0 amide bonds. The van der Waals surface area contributed by atoms with Crippen LogP contribution >= 0.6 is 11.3 Å². The molecule has 1 saturated heterocycles. The first kappa shape index (κ1) is 14.2. The SMILES string of the molecule is c1ccc(CCCC2CCCN2c2nnc(C3CC3)s2)cc1. The van der Waals surface area contributed by atoms with Crippen LogP contribution in [-0.4, -0.2) is 22.8 Å². The van der Waals surface area contributed by atoms with Gasteiger partial charge in [0.2, 0.25) is 5.13 Å². The lowest BCUT2D eigenvalue weighted by molar-refractivity contribution is 0.578. The summed E-state index contributed by atoms with van der Waals surface area (Å²) >= 11 is 1.84. The molecule has 1 saturated carbocycles. The monoisotopic (exact) mass is 313 g/mol. The van der Waals surface area contributed by atoms with E-state index >= 15 is 0 Å². The van der Waals surface area contributed by atoms with Gasteiger partial charge in [0.25, 0.3) is 0 Å². The number of aromatic nitrogens is 2. The summed E-state index contributed by atoms with van der Waals surface area (Å²) in [4.78, 5) is 2.52. The van der Waals surface area contributed by atoms with Crippen molar-refractivity contribution in [2.45, 2.75) is 56.9 Å². The van der Waals surface area contributed by atoms with E-state index in [0.717, 1.165) is 12.5 Å². The second kappa shape index (κ2) is 6.37. The van der Waals surface area contributed by atoms with Crippen molar-refractivity contribution in [3.05, 3.63) is 40.9 Å². The maximum absolute atomic E-state index is 4.47. The van der Waals surface area contributed by atoms with Gasteiger partial charge in [-0.15, -0.1) is 10.2 Å². The summed E-state index contributed by atoms with van der Waals surface area (Å²) in [5, 5.41) is 11.3. The van der Waals surface area contributed by atoms with Gasteiger partial charge in [-0.25, -0.2) is 0 Å². The molecular formula is C18H23N3S. The molecule has 2 heterocycles. The largest absolute Gasteiger partial charge is 0.344 e. The molecule has 2 aromatic rings. The van der Waals surface area contributed by atoms with Gasteiger partial charge in [-0.1, -0.05) is 41.7 Å². The van der Waals surface area contributed by atoms with Crippen molar-refractivity contribution in [1.29, 1.82) is 0 Å². The van der Waals surface area contributed by atoms with Crippen LogP contribution in [0.3, 0.4) is 0 Å². The van der Waals surface area contributed by atoms with Gasteiger partial charge >= 0.3 is 0 Å². The molecule has 4 rings (SSSR count). The van der Waals surface area contributed by atoms with Crippen LogP contribution in [0.15, 0.2) is 30.3 Å². The molecule has 0 radical (unpaired) electrons. The van der Waals surface area contributed by atoms with E-state index in [1.807, 2.05) is 11.3 Å². The highest BCUT2D eigenvalue weighted by atomic mass is 32.1. The van der Waals surface area contributed by atoms with E-state index in [9.17, 15) is 0 Å². The minimum absolute atomic E-state index is 0.670. The Labute approximate surface area is 136 Å². The molecule has 4 heteroatoms. The fourth-order valence-electron chi connectivity index (χ4n) is 3.41. The molecule has 3 nitrogen and oxygen atoms in total. The summed E-state index contributed by atoms with van der Waals surface area (Å²) in [5.41, 5.74) is 1.46. The number of aryl methyl sites for hydroxylation is 1. The van der Waals surface area contributed by atoms with Crippen molar-refractivity contribution in [2.24, 2.45) is 0 Å². The van der Waals surface area contributed by atoms with Crippen LogP contribution in [0.5, 0.6) is 0 Å². The molecule has 1 aromatic heterocycles. The summed E-state index contributed by atoms with van der Waals surface area (Å²) < 4.78 is 0. The Bertz CT molecular complexity index is 606. The molecule has 1 unspecified atom stereocenters. The van der Waals surface area contributed by atoms with E-state index in [4.69, 9.17) is 0 Å². The van der Waals surface area contributed by atoms with Crippen molar-refractivity contribution >= 4 is 16.5 Å². The summed E-state index contributed by atoms with van der Waals surface area (Å²) in [6.07, 6.45) is 8.97. The normalized spacial score (nSPS) is 21.5. The molecule has 22 heavy (non-hydrogen) atoms. The Hall–Kier alpha value is -1.42. The van der Waals surface area contributed by atoms with E-state index in [-0.39, 0.29) is 0 Å². The number of benzene rings is 1. The predicted octanol–water partition coefficient (Wildman–Crippen LogP) is 4.41. The Morgan fingerprint density at radius 1 is 1.09 bits per heavy atom. The van der Waals surface area contributed by atoms with E-state index in [1.165, 1.54) is 60.6 Å². The number of hydrogen-bond acceptors (Lipinski definition) is 4. The average Bonchev–Trinajstić information content (AvgIpc) is 3.10. The Morgan fingerprint density at radius 2 is 1.95 bits per heavy atom. The van der Waals surface area contributed by atoms with Gasteiger partial charge in [0, 0.05) is 18.5 Å². The second-order valence-electron chi connectivity index (χ2n) is 6.56. The summed E-state index contributed by atoms with van der Waals surface area (Å²) in [6.45, 7) is 1.16. The van der Waals surface area contributed by atoms with Gasteiger partial charge in [0.1, 0.15) is 5.01 Å². The summed E-state index contributed by atoms with van der Waals surface area (Å²) in [6, 6.07) is 11.5. The first-order valence-corrected chi connectivity index (χ1v) is 9.36. The quantitative estimate of drug-likeness (QED) is 0.791. The van der Waals surface area contributed by atoms with Crippen molar-refractivity contribution in [3.8, 4) is 0 Å². The highest BCUT2D eigenvalue weighted by Gasteiger charge is 2.31. The van der Waals surface area contributed by atoms with Crippen LogP contribution in [0.2, 0.25) is 0 Å². The van der Waals surface area contributed by atoms with Crippen molar-refractivity contribution in [2.75, 3.05) is 11.4 Å². The number of rotatable bonds is 6. The molecular weight excluding hydrogens is 290 g/mol. The van der Waals surface area contributed by atoms with Crippen molar-refractivity contribution < 1.29 is 0 Å². The Balaban J connectivity index is 1.34. The van der Waals surface area contributed by atoms with Crippen molar-refractivity contribution in [1.82, 2.24) is 10.2 Å². The third kappa shape index (κ3) is 3.17. The van der Waals surface area contributed by atoms with Gasteiger partial charge in [0.15, 0.2) is 0 Å². The zero-order valence-electron chi connectivity index (χ0n) is 12.9. The average molecular weight is 313 g/mol. The first-order chi connectivity index (χ1) is 10.9. The molecule has 1 atom stereocenters. The van der Waals surface area contributed by atoms with Crippen LogP contribution in [0.4, 0.5) is 5.13 Å². The molecule has 116 valence electrons. The molecule has 0 bridgehead atoms. The lowest BCUT2D eigenvalue weighted by Gasteiger charge is -2.23. The fourth-order valence-corrected chi connectivity index (χ4v) is 4.52. The van der Waals surface area contributed by atoms with Gasteiger partial charge in [0.05, 0.1) is 0 Å². The minimum atomic E-state index is 0.670. The first-order valence-electron chi connectivity index (χ1n) is 8.54. The van der Waals surface area contributed by atoms with Crippen LogP contribution in [0.25, 0.3) is 0 Å². The van der Waals surface area contributed by atoms with Crippen LogP contribution < -0.4 is 4.90 Å². The minimum Gasteiger partial charge on any atom is -0.344 e. The van der Waals surface area contributed by atoms with E-state index in [2.05, 4.69) is 45.4 Å². The zero-order chi connectivity index (χ0) is 14.8. The highest BCUT2D eigenvalue weighted by Crippen LogP contribution is 2.43. The fraction of sp³-hybridized carbons (Fsp3) is 0.556. The zero-order valence-corrected chi connectivity index (χ0v) is 13.8. The second-order valence-corrected chi connectivity index (χ2v) is 7.55. The number of anilines is 1. The van der Waals surface area contributed by atoms with E-state index in [0.29, 0.717) is 6.04 Å². The molecule has 1 aliphatic carbocycles. The van der Waals surface area contributed by atoms with Crippen LogP contribution in [-0.2, 0) is 6.42 Å². The Kier molecular flexibility index (Phi) is 4.11. The van der Waals surface area contributed by atoms with Crippen molar-refractivity contribution in [3.63, 3.8) is 0 Å². The lowest BCUT2D eigenvalue weighted by atomic mass is 10.0. The topological polar surface area (TPSA) is 29.0 Å². The third-order valence-corrected chi connectivity index (χ3v) is 5.95. The maximum atomic E-state index is 4.47. The lowest BCUT2D eigenvalue weighted by Crippen LogP contribution is -2.29. The Morgan fingerprint density at radius 3 is 2.77 bits per heavy atom. The molecule has 0 spiro atoms. The molecule has 2 aliphatic rings. The molecule has 2 fully saturated rings. The summed E-state index contributed by atoms with van der Waals surface area (Å²) in [7, 11) is 0. The molecule has 0 N–H and O–H groups in total. The number of nitrogens with zero attached hydrogens (tertiary/aromatic N) is 3. The number of hydrogen-bond donors (Lipinski definition) is 0. The third-order valence-electron chi connectivity index (χ3n) is 4.83. The molecule has 1 aromatic carbocycles. The van der Waals surface area contributed by atoms with Gasteiger partial charge < -0.3 is 4.90 Å². The molecule has 1 aliphatic heterocycles. The smallest absolute Gasteiger partial charge is 0.208 e. The van der Waals surface area contributed by atoms with E-state index < -0.39 is 0 Å². The van der Waals surface area contributed by atoms with E-state index in [1.54, 1.807) is 0 Å². The van der Waals surface area contributed by atoms with Gasteiger partial charge in [-0.05, 0) is 50.5 Å². The standard InChI is InChI=1S/C18H23N3S/c1-2-6-14(7-3-1)8-4-9-16-10-5-13-21(16)18-20-19-17(22-18)15-11-12-15/h1-3,6-7,15-16H,4-5,8-13H2. The predicted molar refractivity (Wildman–Crippen MR) is 91.6 cm³/mol. The highest BCUT2D eigenvalue weighted by molar-refractivity contribution is 7.15. The summed E-state index contributed by atoms with van der Waals surface area (Å²) in [5.74, 6) is 0.727.